The van der Waals surface area contributed by atoms with E-state index in [0.717, 1.165) is 8.04 Å². The molecule has 0 saturated carbocycles. The highest BCUT2D eigenvalue weighted by atomic mass is 127. The summed E-state index contributed by atoms with van der Waals surface area (Å²) in [4.78, 5) is 10.1. The molecule has 64 valence electrons. The van der Waals surface area contributed by atoms with Crippen LogP contribution in [0.25, 0.3) is 0 Å². The fourth-order valence-corrected chi connectivity index (χ4v) is 2.10. The fraction of sp³-hybridized carbons (Fsp3) is 0. The predicted octanol–water partition coefficient (Wildman–Crippen LogP) is 2.66. The molecule has 0 bridgehead atoms. The number of halogens is 2. The average molecular weight is 343 g/mol. The van der Waals surface area contributed by atoms with E-state index in [2.05, 4.69) is 21.4 Å². The highest BCUT2D eigenvalue weighted by Gasteiger charge is 2.03. The molecule has 0 atom stereocenters. The van der Waals surface area contributed by atoms with Crippen molar-refractivity contribution < 1.29 is 5.03 Å². The monoisotopic (exact) mass is 342 g/mol. The molecule has 0 aliphatic carbocycles. The summed E-state index contributed by atoms with van der Waals surface area (Å²) in [6, 6.07) is 5.19. The third kappa shape index (κ3) is 2.59. The number of rotatable bonds is 2. The molecule has 4 nitrogen and oxygen atoms in total. The van der Waals surface area contributed by atoms with Crippen LogP contribution in [0, 0.1) is 13.7 Å². The summed E-state index contributed by atoms with van der Waals surface area (Å²) in [5.41, 5.74) is 2.60. The lowest BCUT2D eigenvalue weighted by Gasteiger charge is -2.00. The maximum atomic E-state index is 10.1. The first-order valence-corrected chi connectivity index (χ1v) is 4.83. The first-order chi connectivity index (χ1) is 5.59. The van der Waals surface area contributed by atoms with Gasteiger partial charge in [-0.2, -0.15) is 0 Å². The number of hydrogen-bond donors (Lipinski definition) is 1. The summed E-state index contributed by atoms with van der Waals surface area (Å²) < 4.78 is 1.71. The van der Waals surface area contributed by atoms with Gasteiger partial charge in [0, 0.05) is 8.04 Å². The van der Waals surface area contributed by atoms with E-state index in [1.807, 2.05) is 22.6 Å². The van der Waals surface area contributed by atoms with Crippen molar-refractivity contribution in [2.45, 2.75) is 0 Å². The highest BCUT2D eigenvalue weighted by molar-refractivity contribution is 14.1. The smallest absolute Gasteiger partial charge is 0.162 e. The lowest BCUT2D eigenvalue weighted by molar-refractivity contribution is -0.445. The molecule has 0 fully saturated rings. The Balaban J connectivity index is 2.93. The molecular formula is C6H4BrIN2O2. The molecule has 0 spiro atoms. The summed E-state index contributed by atoms with van der Waals surface area (Å²) in [5.74, 6) is 0. The van der Waals surface area contributed by atoms with Gasteiger partial charge in [-0.05, 0) is 40.8 Å². The van der Waals surface area contributed by atoms with Crippen molar-refractivity contribution in [3.63, 3.8) is 0 Å². The number of anilines is 1. The normalized spacial score (nSPS) is 9.50. The third-order valence-corrected chi connectivity index (χ3v) is 2.53. The summed E-state index contributed by atoms with van der Waals surface area (Å²) >= 11 is 5.28. The standard InChI is InChI=1S/C6H4BrIN2O2/c7-4-1-2-6(5(8)3-4)9-10(11)12/h1-3,9H. The van der Waals surface area contributed by atoms with Gasteiger partial charge in [0.2, 0.25) is 0 Å². The summed E-state index contributed by atoms with van der Waals surface area (Å²) in [5, 5.41) is 9.51. The van der Waals surface area contributed by atoms with Gasteiger partial charge in [0.05, 0.1) is 0 Å². The molecule has 1 N–H and O–H groups in total. The van der Waals surface area contributed by atoms with E-state index < -0.39 is 5.03 Å². The van der Waals surface area contributed by atoms with Crippen molar-refractivity contribution in [2.24, 2.45) is 0 Å². The maximum Gasteiger partial charge on any atom is 0.162 e. The molecule has 0 heterocycles. The molecule has 0 aromatic heterocycles. The van der Waals surface area contributed by atoms with Gasteiger partial charge in [-0.25, -0.2) is 10.1 Å². The number of nitrogens with zero attached hydrogens (tertiary/aromatic N) is 1. The van der Waals surface area contributed by atoms with Crippen LogP contribution in [0.3, 0.4) is 0 Å². The lowest BCUT2D eigenvalue weighted by atomic mass is 10.3. The number of hydrazine groups is 1. The third-order valence-electron chi connectivity index (χ3n) is 1.14. The molecule has 1 aromatic rings. The van der Waals surface area contributed by atoms with E-state index in [-0.39, 0.29) is 0 Å². The second-order valence-electron chi connectivity index (χ2n) is 1.99. The Kier molecular flexibility index (Phi) is 3.27. The van der Waals surface area contributed by atoms with Crippen LogP contribution in [0.4, 0.5) is 5.69 Å². The van der Waals surface area contributed by atoms with Crippen molar-refractivity contribution in [1.82, 2.24) is 0 Å². The number of nitrogens with one attached hydrogen (secondary N) is 1. The first kappa shape index (κ1) is 9.72. The summed E-state index contributed by atoms with van der Waals surface area (Å²) in [6.07, 6.45) is 0. The Morgan fingerprint density at radius 2 is 2.25 bits per heavy atom. The van der Waals surface area contributed by atoms with Gasteiger partial charge in [-0.3, -0.25) is 0 Å². The van der Waals surface area contributed by atoms with Crippen molar-refractivity contribution in [3.05, 3.63) is 36.4 Å². The molecule has 0 aliphatic heterocycles. The Morgan fingerprint density at radius 1 is 1.58 bits per heavy atom. The van der Waals surface area contributed by atoms with E-state index in [4.69, 9.17) is 0 Å². The highest BCUT2D eigenvalue weighted by Crippen LogP contribution is 2.22. The van der Waals surface area contributed by atoms with Gasteiger partial charge in [0.1, 0.15) is 5.69 Å². The predicted molar refractivity (Wildman–Crippen MR) is 57.5 cm³/mol. The summed E-state index contributed by atoms with van der Waals surface area (Å²) in [7, 11) is 0. The van der Waals surface area contributed by atoms with E-state index in [0.29, 0.717) is 5.69 Å². The lowest BCUT2D eigenvalue weighted by Crippen LogP contribution is -2.08. The molecular weight excluding hydrogens is 339 g/mol. The SMILES string of the molecule is O=[N+]([O-])Nc1ccc(Br)cc1I. The minimum absolute atomic E-state index is 0.504. The molecule has 0 unspecified atom stereocenters. The van der Waals surface area contributed by atoms with Gasteiger partial charge in [-0.15, -0.1) is 5.43 Å². The molecule has 1 aromatic carbocycles. The van der Waals surface area contributed by atoms with E-state index in [1.54, 1.807) is 18.2 Å². The zero-order valence-electron chi connectivity index (χ0n) is 5.75. The number of nitro groups is 1. The Hall–Kier alpha value is -0.370. The second-order valence-corrected chi connectivity index (χ2v) is 4.07. The van der Waals surface area contributed by atoms with E-state index >= 15 is 0 Å². The van der Waals surface area contributed by atoms with Crippen LogP contribution >= 0.6 is 38.5 Å². The van der Waals surface area contributed by atoms with Crippen LogP contribution in [0.1, 0.15) is 0 Å². The molecule has 0 amide bonds. The zero-order chi connectivity index (χ0) is 9.14. The van der Waals surface area contributed by atoms with Crippen molar-refractivity contribution in [3.8, 4) is 0 Å². The van der Waals surface area contributed by atoms with Gasteiger partial charge in [0.15, 0.2) is 5.03 Å². The van der Waals surface area contributed by atoms with Gasteiger partial charge < -0.3 is 0 Å². The van der Waals surface area contributed by atoms with Crippen molar-refractivity contribution >= 4 is 44.2 Å². The van der Waals surface area contributed by atoms with Gasteiger partial charge >= 0.3 is 0 Å². The first-order valence-electron chi connectivity index (χ1n) is 2.95. The minimum atomic E-state index is -0.578. The van der Waals surface area contributed by atoms with Crippen LogP contribution in [0.2, 0.25) is 0 Å². The van der Waals surface area contributed by atoms with Crippen LogP contribution in [-0.2, 0) is 0 Å². The summed E-state index contributed by atoms with van der Waals surface area (Å²) in [6.45, 7) is 0. The van der Waals surface area contributed by atoms with Gasteiger partial charge in [-0.1, -0.05) is 15.9 Å². The van der Waals surface area contributed by atoms with Crippen LogP contribution in [-0.4, -0.2) is 5.03 Å². The Labute approximate surface area is 90.7 Å². The minimum Gasteiger partial charge on any atom is -0.235 e. The molecule has 6 heteroatoms. The topological polar surface area (TPSA) is 55.2 Å². The number of benzene rings is 1. The molecule has 1 rings (SSSR count). The van der Waals surface area contributed by atoms with E-state index in [9.17, 15) is 10.1 Å². The fourth-order valence-electron chi connectivity index (χ4n) is 0.678. The van der Waals surface area contributed by atoms with Gasteiger partial charge in [0.25, 0.3) is 0 Å². The average Bonchev–Trinajstić information content (AvgIpc) is 1.94. The largest absolute Gasteiger partial charge is 0.235 e. The molecule has 12 heavy (non-hydrogen) atoms. The zero-order valence-corrected chi connectivity index (χ0v) is 9.50. The second kappa shape index (κ2) is 4.04. The molecule has 0 saturated heterocycles. The molecule has 0 radical (unpaired) electrons. The van der Waals surface area contributed by atoms with Crippen LogP contribution < -0.4 is 5.43 Å². The number of hydrogen-bond acceptors (Lipinski definition) is 2. The Morgan fingerprint density at radius 3 is 2.75 bits per heavy atom. The van der Waals surface area contributed by atoms with E-state index in [1.165, 1.54) is 0 Å². The van der Waals surface area contributed by atoms with Crippen LogP contribution in [0.15, 0.2) is 22.7 Å². The van der Waals surface area contributed by atoms with Crippen molar-refractivity contribution in [1.29, 1.82) is 0 Å². The van der Waals surface area contributed by atoms with Crippen LogP contribution in [0.5, 0.6) is 0 Å². The molecule has 0 aliphatic rings. The Bertz CT molecular complexity index is 318. The quantitative estimate of drug-likeness (QED) is 0.510. The van der Waals surface area contributed by atoms with Crippen molar-refractivity contribution in [2.75, 3.05) is 5.43 Å². The maximum absolute atomic E-state index is 10.1.